The van der Waals surface area contributed by atoms with Gasteiger partial charge in [0.2, 0.25) is 0 Å². The van der Waals surface area contributed by atoms with Gasteiger partial charge in [-0.05, 0) is 12.8 Å². The standard InChI is InChI=1S/C24H44O5/c1-2-3-4-5-6-7-8-9-10-11-12-13-14-15-16-17-22(25)20-21(24(28)29)18-19-23(26)27/h21H,2-20H2,1H3,(H,26,27)(H,28,29). The molecule has 0 radical (unpaired) electrons. The molecular formula is C24H44O5. The Kier molecular flexibility index (Phi) is 19.0. The first-order chi connectivity index (χ1) is 14.0. The monoisotopic (exact) mass is 412 g/mol. The maximum atomic E-state index is 11.9. The Hall–Kier alpha value is -1.39. The van der Waals surface area contributed by atoms with Crippen LogP contribution < -0.4 is 0 Å². The molecule has 0 bridgehead atoms. The number of carbonyl (C=O) groups excluding carboxylic acids is 1. The molecule has 29 heavy (non-hydrogen) atoms. The summed E-state index contributed by atoms with van der Waals surface area (Å²) in [6.07, 6.45) is 19.2. The van der Waals surface area contributed by atoms with E-state index in [0.717, 1.165) is 19.3 Å². The fourth-order valence-electron chi connectivity index (χ4n) is 3.68. The van der Waals surface area contributed by atoms with Gasteiger partial charge in [-0.1, -0.05) is 96.8 Å². The molecule has 0 spiro atoms. The SMILES string of the molecule is CCCCCCCCCCCCCCCCCC(=O)CC(CCC(=O)O)C(=O)O. The average Bonchev–Trinajstić information content (AvgIpc) is 2.67. The Morgan fingerprint density at radius 3 is 1.41 bits per heavy atom. The van der Waals surface area contributed by atoms with Crippen molar-refractivity contribution in [1.82, 2.24) is 0 Å². The third-order valence-electron chi connectivity index (χ3n) is 5.59. The number of rotatable bonds is 22. The summed E-state index contributed by atoms with van der Waals surface area (Å²) in [4.78, 5) is 33.6. The van der Waals surface area contributed by atoms with Crippen LogP contribution in [0.25, 0.3) is 0 Å². The van der Waals surface area contributed by atoms with Crippen LogP contribution in [0.2, 0.25) is 0 Å². The van der Waals surface area contributed by atoms with E-state index in [2.05, 4.69) is 6.92 Å². The predicted octanol–water partition coefficient (Wildman–Crippen LogP) is 6.77. The van der Waals surface area contributed by atoms with Crippen LogP contribution in [0.15, 0.2) is 0 Å². The lowest BCUT2D eigenvalue weighted by Gasteiger charge is -2.10. The summed E-state index contributed by atoms with van der Waals surface area (Å²) < 4.78 is 0. The molecule has 5 nitrogen and oxygen atoms in total. The Labute approximate surface area is 177 Å². The Bertz CT molecular complexity index is 433. The van der Waals surface area contributed by atoms with Crippen LogP contribution in [0.5, 0.6) is 0 Å². The van der Waals surface area contributed by atoms with Gasteiger partial charge < -0.3 is 10.2 Å². The van der Waals surface area contributed by atoms with E-state index < -0.39 is 17.9 Å². The van der Waals surface area contributed by atoms with Gasteiger partial charge in [-0.15, -0.1) is 0 Å². The molecule has 0 amide bonds. The number of Topliss-reactive ketones (excluding diaryl/α,β-unsaturated/α-hetero) is 1. The Morgan fingerprint density at radius 1 is 0.621 bits per heavy atom. The highest BCUT2D eigenvalue weighted by Crippen LogP contribution is 2.16. The van der Waals surface area contributed by atoms with Crippen molar-refractivity contribution in [3.8, 4) is 0 Å². The van der Waals surface area contributed by atoms with E-state index in [-0.39, 0.29) is 25.0 Å². The van der Waals surface area contributed by atoms with Gasteiger partial charge in [-0.25, -0.2) is 0 Å². The lowest BCUT2D eigenvalue weighted by molar-refractivity contribution is -0.145. The van der Waals surface area contributed by atoms with Crippen molar-refractivity contribution in [2.45, 2.75) is 129 Å². The van der Waals surface area contributed by atoms with Gasteiger partial charge in [-0.3, -0.25) is 14.4 Å². The third-order valence-corrected chi connectivity index (χ3v) is 5.59. The molecule has 0 aliphatic carbocycles. The number of unbranched alkanes of at least 4 members (excludes halogenated alkanes) is 14. The van der Waals surface area contributed by atoms with E-state index in [4.69, 9.17) is 10.2 Å². The molecule has 0 heterocycles. The van der Waals surface area contributed by atoms with Gasteiger partial charge in [-0.2, -0.15) is 0 Å². The minimum Gasteiger partial charge on any atom is -0.481 e. The van der Waals surface area contributed by atoms with Crippen LogP contribution in [0.1, 0.15) is 129 Å². The van der Waals surface area contributed by atoms with Gasteiger partial charge in [0.1, 0.15) is 5.78 Å². The lowest BCUT2D eigenvalue weighted by atomic mass is 9.95. The molecule has 1 atom stereocenters. The zero-order valence-electron chi connectivity index (χ0n) is 18.6. The van der Waals surface area contributed by atoms with Crippen molar-refractivity contribution >= 4 is 17.7 Å². The molecule has 0 saturated heterocycles. The molecule has 0 aromatic rings. The highest BCUT2D eigenvalue weighted by atomic mass is 16.4. The van der Waals surface area contributed by atoms with Gasteiger partial charge in [0.25, 0.3) is 0 Å². The molecule has 2 N–H and O–H groups in total. The minimum atomic E-state index is -1.07. The highest BCUT2D eigenvalue weighted by molar-refractivity contribution is 5.84. The second-order valence-electron chi connectivity index (χ2n) is 8.41. The van der Waals surface area contributed by atoms with Crippen molar-refractivity contribution in [2.24, 2.45) is 5.92 Å². The summed E-state index contributed by atoms with van der Waals surface area (Å²) in [5, 5.41) is 17.7. The molecule has 5 heteroatoms. The maximum absolute atomic E-state index is 11.9. The number of carbonyl (C=O) groups is 3. The van der Waals surface area contributed by atoms with E-state index in [0.29, 0.717) is 6.42 Å². The van der Waals surface area contributed by atoms with E-state index in [9.17, 15) is 14.4 Å². The van der Waals surface area contributed by atoms with Gasteiger partial charge in [0, 0.05) is 19.3 Å². The molecular weight excluding hydrogens is 368 g/mol. The van der Waals surface area contributed by atoms with Crippen LogP contribution >= 0.6 is 0 Å². The summed E-state index contributed by atoms with van der Waals surface area (Å²) in [6, 6.07) is 0. The summed E-state index contributed by atoms with van der Waals surface area (Å²) >= 11 is 0. The first-order valence-corrected chi connectivity index (χ1v) is 11.9. The van der Waals surface area contributed by atoms with E-state index in [1.165, 1.54) is 77.0 Å². The van der Waals surface area contributed by atoms with Gasteiger partial charge >= 0.3 is 11.9 Å². The van der Waals surface area contributed by atoms with Crippen molar-refractivity contribution in [2.75, 3.05) is 0 Å². The second-order valence-corrected chi connectivity index (χ2v) is 8.41. The maximum Gasteiger partial charge on any atom is 0.306 e. The van der Waals surface area contributed by atoms with E-state index >= 15 is 0 Å². The topological polar surface area (TPSA) is 91.7 Å². The van der Waals surface area contributed by atoms with E-state index in [1.807, 2.05) is 0 Å². The first-order valence-electron chi connectivity index (χ1n) is 11.9. The molecule has 1 unspecified atom stereocenters. The smallest absolute Gasteiger partial charge is 0.306 e. The molecule has 0 fully saturated rings. The van der Waals surface area contributed by atoms with Crippen molar-refractivity contribution < 1.29 is 24.6 Å². The first kappa shape index (κ1) is 27.6. The van der Waals surface area contributed by atoms with E-state index in [1.54, 1.807) is 0 Å². The molecule has 0 rings (SSSR count). The van der Waals surface area contributed by atoms with Crippen molar-refractivity contribution in [1.29, 1.82) is 0 Å². The molecule has 0 aliphatic heterocycles. The molecule has 0 aromatic heterocycles. The minimum absolute atomic E-state index is 0.0231. The summed E-state index contributed by atoms with van der Waals surface area (Å²) in [7, 11) is 0. The molecule has 170 valence electrons. The summed E-state index contributed by atoms with van der Waals surface area (Å²) in [6.45, 7) is 2.25. The van der Waals surface area contributed by atoms with Gasteiger partial charge in [0.05, 0.1) is 5.92 Å². The third kappa shape index (κ3) is 19.7. The van der Waals surface area contributed by atoms with Crippen LogP contribution in [0.3, 0.4) is 0 Å². The second kappa shape index (κ2) is 19.9. The fraction of sp³-hybridized carbons (Fsp3) is 0.875. The number of carboxylic acids is 2. The molecule has 0 saturated carbocycles. The summed E-state index contributed by atoms with van der Waals surface area (Å²) in [5.41, 5.74) is 0. The number of hydrogen-bond donors (Lipinski definition) is 2. The van der Waals surface area contributed by atoms with Crippen LogP contribution in [-0.2, 0) is 14.4 Å². The summed E-state index contributed by atoms with van der Waals surface area (Å²) in [5.74, 6) is -3.02. The van der Waals surface area contributed by atoms with Crippen LogP contribution in [0.4, 0.5) is 0 Å². The zero-order valence-corrected chi connectivity index (χ0v) is 18.6. The average molecular weight is 413 g/mol. The molecule has 0 aromatic carbocycles. The van der Waals surface area contributed by atoms with Gasteiger partial charge in [0.15, 0.2) is 0 Å². The van der Waals surface area contributed by atoms with Crippen molar-refractivity contribution in [3.63, 3.8) is 0 Å². The number of aliphatic carboxylic acids is 2. The normalized spacial score (nSPS) is 12.0. The largest absolute Gasteiger partial charge is 0.481 e. The number of ketones is 1. The van der Waals surface area contributed by atoms with Crippen molar-refractivity contribution in [3.05, 3.63) is 0 Å². The Morgan fingerprint density at radius 2 is 1.03 bits per heavy atom. The van der Waals surface area contributed by atoms with Crippen LogP contribution in [0, 0.1) is 5.92 Å². The fourth-order valence-corrected chi connectivity index (χ4v) is 3.68. The quantitative estimate of drug-likeness (QED) is 0.191. The Balaban J connectivity index is 3.45. The highest BCUT2D eigenvalue weighted by Gasteiger charge is 2.21. The number of hydrogen-bond acceptors (Lipinski definition) is 3. The zero-order chi connectivity index (χ0) is 21.7. The predicted molar refractivity (Wildman–Crippen MR) is 117 cm³/mol. The lowest BCUT2D eigenvalue weighted by Crippen LogP contribution is -2.19. The molecule has 0 aliphatic rings. The van der Waals surface area contributed by atoms with Crippen LogP contribution in [-0.4, -0.2) is 27.9 Å². The number of carboxylic acid groups (broad SMARTS) is 2.